The van der Waals surface area contributed by atoms with Crippen molar-refractivity contribution in [2.45, 2.75) is 70.7 Å². The Morgan fingerprint density at radius 2 is 1.92 bits per heavy atom. The van der Waals surface area contributed by atoms with Crippen molar-refractivity contribution in [3.8, 4) is 0 Å². The standard InChI is InChI=1S/C19H30N2O2S/c1-5-6-8-17-9-7-14-21(15(2)3)19(17)20-24(22,23)18-12-10-16(4)11-13-18/h10-13,15,17H,5-9,14H2,1-4H3/b20-19+. The van der Waals surface area contributed by atoms with Gasteiger partial charge in [-0.3, -0.25) is 0 Å². The molecule has 0 amide bonds. The number of sulfonamides is 1. The van der Waals surface area contributed by atoms with Crippen LogP contribution in [0.1, 0.15) is 58.4 Å². The van der Waals surface area contributed by atoms with Crippen LogP contribution < -0.4 is 0 Å². The third-order valence-corrected chi connectivity index (χ3v) is 5.97. The van der Waals surface area contributed by atoms with E-state index in [9.17, 15) is 8.42 Å². The van der Waals surface area contributed by atoms with Crippen molar-refractivity contribution in [1.82, 2.24) is 4.90 Å². The van der Waals surface area contributed by atoms with Gasteiger partial charge in [-0.1, -0.05) is 37.5 Å². The SMILES string of the molecule is CCCCC1CCCN(C(C)C)/C1=N/S(=O)(=O)c1ccc(C)cc1. The van der Waals surface area contributed by atoms with E-state index in [1.165, 1.54) is 0 Å². The Labute approximate surface area is 147 Å². The Morgan fingerprint density at radius 3 is 2.50 bits per heavy atom. The highest BCUT2D eigenvalue weighted by Gasteiger charge is 2.30. The highest BCUT2D eigenvalue weighted by molar-refractivity contribution is 7.90. The second kappa shape index (κ2) is 8.15. The molecular weight excluding hydrogens is 320 g/mol. The third-order valence-electron chi connectivity index (χ3n) is 4.67. The molecule has 1 aliphatic heterocycles. The van der Waals surface area contributed by atoms with Gasteiger partial charge in [0.05, 0.1) is 4.90 Å². The van der Waals surface area contributed by atoms with E-state index in [-0.39, 0.29) is 16.9 Å². The second-order valence-corrected chi connectivity index (χ2v) is 8.61. The van der Waals surface area contributed by atoms with Crippen molar-refractivity contribution >= 4 is 15.9 Å². The van der Waals surface area contributed by atoms with Gasteiger partial charge in [0.25, 0.3) is 10.0 Å². The van der Waals surface area contributed by atoms with Gasteiger partial charge in [0.2, 0.25) is 0 Å². The minimum Gasteiger partial charge on any atom is -0.357 e. The van der Waals surface area contributed by atoms with Crippen LogP contribution in [0.25, 0.3) is 0 Å². The molecule has 2 rings (SSSR count). The zero-order valence-electron chi connectivity index (χ0n) is 15.3. The predicted octanol–water partition coefficient (Wildman–Crippen LogP) is 4.39. The highest BCUT2D eigenvalue weighted by atomic mass is 32.2. The van der Waals surface area contributed by atoms with Gasteiger partial charge in [0.1, 0.15) is 5.84 Å². The fraction of sp³-hybridized carbons (Fsp3) is 0.632. The van der Waals surface area contributed by atoms with E-state index in [0.29, 0.717) is 0 Å². The number of rotatable bonds is 6. The maximum atomic E-state index is 12.8. The van der Waals surface area contributed by atoms with Gasteiger partial charge in [-0.2, -0.15) is 8.42 Å². The molecule has 1 aliphatic rings. The number of hydrogen-bond donors (Lipinski definition) is 0. The number of hydrogen-bond acceptors (Lipinski definition) is 2. The summed E-state index contributed by atoms with van der Waals surface area (Å²) in [5, 5.41) is 0. The fourth-order valence-electron chi connectivity index (χ4n) is 3.25. The molecule has 0 radical (unpaired) electrons. The Morgan fingerprint density at radius 1 is 1.25 bits per heavy atom. The number of likely N-dealkylation sites (tertiary alicyclic amines) is 1. The van der Waals surface area contributed by atoms with Crippen LogP contribution in [-0.2, 0) is 10.0 Å². The van der Waals surface area contributed by atoms with Crippen molar-refractivity contribution in [3.05, 3.63) is 29.8 Å². The van der Waals surface area contributed by atoms with E-state index < -0.39 is 10.0 Å². The average Bonchev–Trinajstić information content (AvgIpc) is 2.53. The molecule has 0 saturated carbocycles. The molecule has 0 spiro atoms. The summed E-state index contributed by atoms with van der Waals surface area (Å²) in [7, 11) is -3.65. The van der Waals surface area contributed by atoms with E-state index >= 15 is 0 Å². The average molecular weight is 351 g/mol. The first-order chi connectivity index (χ1) is 11.3. The Balaban J connectivity index is 2.39. The fourth-order valence-corrected chi connectivity index (χ4v) is 4.33. The molecule has 1 saturated heterocycles. The molecular formula is C19H30N2O2S. The monoisotopic (exact) mass is 350 g/mol. The van der Waals surface area contributed by atoms with Crippen LogP contribution >= 0.6 is 0 Å². The van der Waals surface area contributed by atoms with E-state index in [1.54, 1.807) is 12.1 Å². The smallest absolute Gasteiger partial charge is 0.283 e. The van der Waals surface area contributed by atoms with E-state index in [4.69, 9.17) is 0 Å². The van der Waals surface area contributed by atoms with Crippen molar-refractivity contribution in [3.63, 3.8) is 0 Å². The number of amidine groups is 1. The molecule has 0 aromatic heterocycles. The quantitative estimate of drug-likeness (QED) is 0.764. The van der Waals surface area contributed by atoms with Crippen LogP contribution in [0, 0.1) is 12.8 Å². The third kappa shape index (κ3) is 4.59. The summed E-state index contributed by atoms with van der Waals surface area (Å²) < 4.78 is 29.9. The first-order valence-corrected chi connectivity index (χ1v) is 10.5. The van der Waals surface area contributed by atoms with Crippen molar-refractivity contribution in [2.75, 3.05) is 6.54 Å². The lowest BCUT2D eigenvalue weighted by Gasteiger charge is -2.38. The molecule has 1 heterocycles. The molecule has 24 heavy (non-hydrogen) atoms. The number of benzene rings is 1. The van der Waals surface area contributed by atoms with Crippen LogP contribution in [-0.4, -0.2) is 31.7 Å². The molecule has 0 bridgehead atoms. The second-order valence-electron chi connectivity index (χ2n) is 7.01. The van der Waals surface area contributed by atoms with E-state index in [1.807, 2.05) is 19.1 Å². The van der Waals surface area contributed by atoms with Crippen LogP contribution in [0.5, 0.6) is 0 Å². The van der Waals surface area contributed by atoms with Crippen molar-refractivity contribution < 1.29 is 8.42 Å². The van der Waals surface area contributed by atoms with Crippen LogP contribution in [0.4, 0.5) is 0 Å². The van der Waals surface area contributed by atoms with Gasteiger partial charge in [0, 0.05) is 18.5 Å². The van der Waals surface area contributed by atoms with E-state index in [0.717, 1.165) is 50.0 Å². The summed E-state index contributed by atoms with van der Waals surface area (Å²) in [5.41, 5.74) is 1.05. The normalized spacial score (nSPS) is 20.8. The molecule has 1 fully saturated rings. The van der Waals surface area contributed by atoms with Crippen molar-refractivity contribution in [2.24, 2.45) is 10.3 Å². The van der Waals surface area contributed by atoms with Crippen LogP contribution in [0.3, 0.4) is 0 Å². The van der Waals surface area contributed by atoms with Gasteiger partial charge < -0.3 is 4.90 Å². The maximum absolute atomic E-state index is 12.8. The lowest BCUT2D eigenvalue weighted by Crippen LogP contribution is -2.45. The van der Waals surface area contributed by atoms with Crippen LogP contribution in [0.15, 0.2) is 33.6 Å². The van der Waals surface area contributed by atoms with Crippen molar-refractivity contribution in [1.29, 1.82) is 0 Å². The summed E-state index contributed by atoms with van der Waals surface area (Å²) in [4.78, 5) is 2.46. The van der Waals surface area contributed by atoms with Gasteiger partial charge in [-0.25, -0.2) is 0 Å². The molecule has 4 nitrogen and oxygen atoms in total. The molecule has 0 aliphatic carbocycles. The molecule has 1 aromatic rings. The molecule has 134 valence electrons. The summed E-state index contributed by atoms with van der Waals surface area (Å²) in [5.74, 6) is 1.02. The number of nitrogens with zero attached hydrogens (tertiary/aromatic N) is 2. The zero-order valence-corrected chi connectivity index (χ0v) is 16.1. The first kappa shape index (κ1) is 19.0. The van der Waals surface area contributed by atoms with Gasteiger partial charge >= 0.3 is 0 Å². The highest BCUT2D eigenvalue weighted by Crippen LogP contribution is 2.27. The molecule has 5 heteroatoms. The van der Waals surface area contributed by atoms with Gasteiger partial charge in [0.15, 0.2) is 0 Å². The Kier molecular flexibility index (Phi) is 6.44. The Bertz CT molecular complexity index is 663. The first-order valence-electron chi connectivity index (χ1n) is 9.03. The number of unbranched alkanes of at least 4 members (excludes halogenated alkanes) is 1. The van der Waals surface area contributed by atoms with Gasteiger partial charge in [-0.05, 0) is 52.2 Å². The summed E-state index contributed by atoms with van der Waals surface area (Å²) in [6.45, 7) is 9.22. The minimum absolute atomic E-state index is 0.251. The lowest BCUT2D eigenvalue weighted by molar-refractivity contribution is 0.277. The largest absolute Gasteiger partial charge is 0.357 e. The topological polar surface area (TPSA) is 49.7 Å². The van der Waals surface area contributed by atoms with E-state index in [2.05, 4.69) is 30.1 Å². The lowest BCUT2D eigenvalue weighted by atomic mass is 9.91. The minimum atomic E-state index is -3.65. The predicted molar refractivity (Wildman–Crippen MR) is 99.9 cm³/mol. The summed E-state index contributed by atoms with van der Waals surface area (Å²) in [6, 6.07) is 7.21. The number of aryl methyl sites for hydroxylation is 1. The summed E-state index contributed by atoms with van der Waals surface area (Å²) in [6.07, 6.45) is 5.39. The van der Waals surface area contributed by atoms with Crippen LogP contribution in [0.2, 0.25) is 0 Å². The summed E-state index contributed by atoms with van der Waals surface area (Å²) >= 11 is 0. The molecule has 1 unspecified atom stereocenters. The molecule has 0 N–H and O–H groups in total. The number of piperidine rings is 1. The zero-order chi connectivity index (χ0) is 17.7. The van der Waals surface area contributed by atoms with Gasteiger partial charge in [-0.15, -0.1) is 4.40 Å². The Hall–Kier alpha value is -1.36. The maximum Gasteiger partial charge on any atom is 0.283 e. The molecule has 1 atom stereocenters. The molecule has 1 aromatic carbocycles.